The first-order valence-corrected chi connectivity index (χ1v) is 13.6. The molecular formula is C31H41N3O2. The predicted molar refractivity (Wildman–Crippen MR) is 146 cm³/mol. The number of hydrogen-bond acceptors (Lipinski definition) is 4. The Labute approximate surface area is 216 Å². The number of hydrogen-bond donors (Lipinski definition) is 0. The third-order valence-corrected chi connectivity index (χ3v) is 8.96. The fourth-order valence-corrected chi connectivity index (χ4v) is 6.16. The van der Waals surface area contributed by atoms with Gasteiger partial charge in [-0.15, -0.1) is 0 Å². The molecule has 1 aliphatic carbocycles. The molecule has 2 aromatic rings. The molecular weight excluding hydrogens is 446 g/mol. The second-order valence-electron chi connectivity index (χ2n) is 11.0. The van der Waals surface area contributed by atoms with Gasteiger partial charge in [-0.1, -0.05) is 48.6 Å². The number of ether oxygens (including phenoxy) is 1. The Morgan fingerprint density at radius 2 is 1.67 bits per heavy atom. The summed E-state index contributed by atoms with van der Waals surface area (Å²) in [6.45, 7) is 12.2. The molecule has 192 valence electrons. The summed E-state index contributed by atoms with van der Waals surface area (Å²) in [5, 5.41) is 0. The van der Waals surface area contributed by atoms with E-state index in [0.29, 0.717) is 5.91 Å². The van der Waals surface area contributed by atoms with Crippen molar-refractivity contribution in [2.45, 2.75) is 39.7 Å². The van der Waals surface area contributed by atoms with Gasteiger partial charge in [-0.3, -0.25) is 14.6 Å². The highest BCUT2D eigenvalue weighted by atomic mass is 16.5. The SMILES string of the molecule is COc1ccc(CN2CCC3(CC2)CC3C(=O)N2CCN(C/C=C/c3ccccc3)CC2)c(C)c1C. The van der Waals surface area contributed by atoms with E-state index in [2.05, 4.69) is 77.1 Å². The van der Waals surface area contributed by atoms with Crippen molar-refractivity contribution in [3.05, 3.63) is 70.8 Å². The van der Waals surface area contributed by atoms with Gasteiger partial charge >= 0.3 is 0 Å². The first-order chi connectivity index (χ1) is 17.5. The number of nitrogens with zero attached hydrogens (tertiary/aromatic N) is 3. The molecule has 5 rings (SSSR count). The van der Waals surface area contributed by atoms with Crippen molar-refractivity contribution in [1.82, 2.24) is 14.7 Å². The number of carbonyl (C=O) groups is 1. The molecule has 5 nitrogen and oxygen atoms in total. The monoisotopic (exact) mass is 487 g/mol. The molecule has 0 radical (unpaired) electrons. The van der Waals surface area contributed by atoms with E-state index in [-0.39, 0.29) is 11.3 Å². The largest absolute Gasteiger partial charge is 0.496 e. The van der Waals surface area contributed by atoms with Gasteiger partial charge in [-0.25, -0.2) is 0 Å². The number of methoxy groups -OCH3 is 1. The fraction of sp³-hybridized carbons (Fsp3) is 0.516. The third kappa shape index (κ3) is 5.37. The molecule has 1 spiro atoms. The summed E-state index contributed by atoms with van der Waals surface area (Å²) in [7, 11) is 1.74. The molecule has 2 saturated heterocycles. The summed E-state index contributed by atoms with van der Waals surface area (Å²) >= 11 is 0. The van der Waals surface area contributed by atoms with Crippen LogP contribution in [0.2, 0.25) is 0 Å². The minimum Gasteiger partial charge on any atom is -0.496 e. The number of rotatable bonds is 7. The van der Waals surface area contributed by atoms with Crippen LogP contribution in [0.25, 0.3) is 6.08 Å². The van der Waals surface area contributed by atoms with Crippen LogP contribution in [0.5, 0.6) is 5.75 Å². The van der Waals surface area contributed by atoms with E-state index in [4.69, 9.17) is 4.74 Å². The van der Waals surface area contributed by atoms with E-state index in [0.717, 1.165) is 77.4 Å². The Hall–Kier alpha value is -2.63. The molecule has 1 atom stereocenters. The van der Waals surface area contributed by atoms with Gasteiger partial charge in [-0.05, 0) is 79.9 Å². The first-order valence-electron chi connectivity index (χ1n) is 13.6. The van der Waals surface area contributed by atoms with Gasteiger partial charge in [-0.2, -0.15) is 0 Å². The van der Waals surface area contributed by atoms with Crippen molar-refractivity contribution >= 4 is 12.0 Å². The first kappa shape index (κ1) is 25.0. The second kappa shape index (κ2) is 10.8. The minimum atomic E-state index is 0.258. The molecule has 2 aromatic carbocycles. The van der Waals surface area contributed by atoms with Crippen LogP contribution in [-0.4, -0.2) is 73.5 Å². The van der Waals surface area contributed by atoms with Crippen LogP contribution in [0.1, 0.15) is 41.5 Å². The maximum Gasteiger partial charge on any atom is 0.226 e. The number of benzene rings is 2. The lowest BCUT2D eigenvalue weighted by atomic mass is 9.90. The van der Waals surface area contributed by atoms with Crippen molar-refractivity contribution in [3.8, 4) is 5.75 Å². The van der Waals surface area contributed by atoms with Crippen LogP contribution in [0, 0.1) is 25.2 Å². The van der Waals surface area contributed by atoms with Crippen LogP contribution < -0.4 is 4.74 Å². The van der Waals surface area contributed by atoms with Gasteiger partial charge in [0.1, 0.15) is 5.75 Å². The molecule has 0 bridgehead atoms. The van der Waals surface area contributed by atoms with E-state index < -0.39 is 0 Å². The Balaban J connectivity index is 1.06. The zero-order chi connectivity index (χ0) is 25.1. The summed E-state index contributed by atoms with van der Waals surface area (Å²) in [4.78, 5) is 20.5. The molecule has 1 unspecified atom stereocenters. The predicted octanol–water partition coefficient (Wildman–Crippen LogP) is 4.77. The third-order valence-electron chi connectivity index (χ3n) is 8.96. The van der Waals surface area contributed by atoms with E-state index >= 15 is 0 Å². The van der Waals surface area contributed by atoms with Crippen molar-refractivity contribution in [2.75, 3.05) is 52.9 Å². The zero-order valence-corrected chi connectivity index (χ0v) is 22.2. The number of likely N-dealkylation sites (tertiary alicyclic amines) is 1. The molecule has 1 saturated carbocycles. The van der Waals surface area contributed by atoms with Gasteiger partial charge < -0.3 is 9.64 Å². The molecule has 0 aromatic heterocycles. The van der Waals surface area contributed by atoms with Gasteiger partial charge in [0, 0.05) is 45.2 Å². The van der Waals surface area contributed by atoms with Crippen LogP contribution in [0.3, 0.4) is 0 Å². The summed E-state index contributed by atoms with van der Waals surface area (Å²) in [5.74, 6) is 1.65. The smallest absolute Gasteiger partial charge is 0.226 e. The highest BCUT2D eigenvalue weighted by Gasteiger charge is 2.59. The second-order valence-corrected chi connectivity index (χ2v) is 11.0. The van der Waals surface area contributed by atoms with E-state index in [1.807, 2.05) is 6.07 Å². The molecule has 3 aliphatic rings. The maximum absolute atomic E-state index is 13.3. The number of amides is 1. The molecule has 5 heteroatoms. The maximum atomic E-state index is 13.3. The van der Waals surface area contributed by atoms with Crippen LogP contribution in [-0.2, 0) is 11.3 Å². The van der Waals surface area contributed by atoms with Crippen LogP contribution in [0.4, 0.5) is 0 Å². The Bertz CT molecular complexity index is 1080. The standard InChI is InChI=1S/C31H41N3O2/c1-24-25(2)29(36-3)12-11-27(24)23-33-16-13-31(14-17-33)22-28(31)30(35)34-20-18-32(19-21-34)15-7-10-26-8-5-4-6-9-26/h4-12,28H,13-23H2,1-3H3/b10-7+. The Morgan fingerprint density at radius 3 is 2.36 bits per heavy atom. The van der Waals surface area contributed by atoms with E-state index in [1.54, 1.807) is 7.11 Å². The van der Waals surface area contributed by atoms with Gasteiger partial charge in [0.15, 0.2) is 0 Å². The lowest BCUT2D eigenvalue weighted by molar-refractivity contribution is -0.135. The van der Waals surface area contributed by atoms with Gasteiger partial charge in [0.2, 0.25) is 5.91 Å². The van der Waals surface area contributed by atoms with Crippen molar-refractivity contribution < 1.29 is 9.53 Å². The molecule has 2 heterocycles. The van der Waals surface area contributed by atoms with Crippen LogP contribution >= 0.6 is 0 Å². The number of piperidine rings is 1. The van der Waals surface area contributed by atoms with Crippen LogP contribution in [0.15, 0.2) is 48.5 Å². The molecule has 3 fully saturated rings. The zero-order valence-electron chi connectivity index (χ0n) is 22.2. The highest BCUT2D eigenvalue weighted by Crippen LogP contribution is 2.60. The summed E-state index contributed by atoms with van der Waals surface area (Å²) in [6.07, 6.45) is 7.84. The minimum absolute atomic E-state index is 0.258. The Morgan fingerprint density at radius 1 is 0.944 bits per heavy atom. The van der Waals surface area contributed by atoms with Crippen molar-refractivity contribution in [3.63, 3.8) is 0 Å². The lowest BCUT2D eigenvalue weighted by Gasteiger charge is -2.36. The van der Waals surface area contributed by atoms with Gasteiger partial charge in [0.25, 0.3) is 0 Å². The average molecular weight is 488 g/mol. The topological polar surface area (TPSA) is 36.0 Å². The van der Waals surface area contributed by atoms with Crippen molar-refractivity contribution in [2.24, 2.45) is 11.3 Å². The molecule has 0 N–H and O–H groups in total. The average Bonchev–Trinajstić information content (AvgIpc) is 3.62. The number of carbonyl (C=O) groups excluding carboxylic acids is 1. The molecule has 2 aliphatic heterocycles. The molecule has 1 amide bonds. The quantitative estimate of drug-likeness (QED) is 0.564. The van der Waals surface area contributed by atoms with E-state index in [9.17, 15) is 4.79 Å². The molecule has 36 heavy (non-hydrogen) atoms. The Kier molecular flexibility index (Phi) is 7.49. The van der Waals surface area contributed by atoms with Crippen molar-refractivity contribution in [1.29, 1.82) is 0 Å². The normalized spacial score (nSPS) is 22.3. The summed E-state index contributed by atoms with van der Waals surface area (Å²) in [6, 6.07) is 14.8. The summed E-state index contributed by atoms with van der Waals surface area (Å²) in [5.41, 5.74) is 5.48. The fourth-order valence-electron chi connectivity index (χ4n) is 6.16. The van der Waals surface area contributed by atoms with Gasteiger partial charge in [0.05, 0.1) is 7.11 Å². The van der Waals surface area contributed by atoms with E-state index in [1.165, 1.54) is 22.3 Å². The number of piperazine rings is 1. The lowest BCUT2D eigenvalue weighted by Crippen LogP contribution is -2.49. The summed E-state index contributed by atoms with van der Waals surface area (Å²) < 4.78 is 5.48. The highest BCUT2D eigenvalue weighted by molar-refractivity contribution is 5.83.